The molecule has 1 nitrogen and oxygen atoms in total. The summed E-state index contributed by atoms with van der Waals surface area (Å²) in [5, 5.41) is 5.18. The molecular weight excluding hydrogens is 619 g/mol. The van der Waals surface area contributed by atoms with E-state index in [1.807, 2.05) is 11.3 Å². The van der Waals surface area contributed by atoms with E-state index >= 15 is 0 Å². The Balaban J connectivity index is 0.00000259. The maximum Gasteiger partial charge on any atom is -0.107 e. The van der Waals surface area contributed by atoms with Gasteiger partial charge in [0.25, 0.3) is 0 Å². The number of thiazole rings is 1. The van der Waals surface area contributed by atoms with Crippen molar-refractivity contribution in [2.75, 3.05) is 0 Å². The fourth-order valence-corrected chi connectivity index (χ4v) is 12.4. The molecule has 1 aromatic heterocycles. The van der Waals surface area contributed by atoms with Gasteiger partial charge < -0.3 is 0 Å². The van der Waals surface area contributed by atoms with Crippen molar-refractivity contribution in [1.29, 1.82) is 0 Å². The predicted octanol–water partition coefficient (Wildman–Crippen LogP) is 5.43. The monoisotopic (exact) mass is 644 g/mol. The Morgan fingerprint density at radius 1 is 0.606 bits per heavy atom. The quantitative estimate of drug-likeness (QED) is 0.137. The Bertz CT molecular complexity index is 1200. The number of aromatic nitrogens is 1. The van der Waals surface area contributed by atoms with E-state index in [1.165, 1.54) is 30.7 Å². The molecule has 1 heterocycles. The van der Waals surface area contributed by atoms with Crippen LogP contribution in [-0.2, 0) is 0 Å². The van der Waals surface area contributed by atoms with Crippen molar-refractivity contribution in [3.63, 3.8) is 0 Å². The van der Waals surface area contributed by atoms with Gasteiger partial charge in [-0.3, -0.25) is 0 Å². The molecule has 0 saturated carbocycles. The molecule has 164 valence electrons. The second-order valence-electron chi connectivity index (χ2n) is 7.38. The van der Waals surface area contributed by atoms with Gasteiger partial charge in [-0.25, -0.2) is 0 Å². The third kappa shape index (κ3) is 4.60. The fourth-order valence-electron chi connectivity index (χ4n) is 4.12. The standard InChI is InChI=1S/C28H23NPSSe.HI/c1-32-28-26(29-27(31-28)22-14-6-2-7-15-22)30(23-16-8-3-9-17-23,24-18-10-4-11-19-24)25-20-12-5-13-21-25;/h2-21H,1H3;1H/q+1;. The Hall–Kier alpha value is -1.81. The summed E-state index contributed by atoms with van der Waals surface area (Å²) in [5.74, 6) is 2.31. The van der Waals surface area contributed by atoms with Crippen molar-refractivity contribution in [3.8, 4) is 10.6 Å². The number of hydrogen-bond acceptors (Lipinski definition) is 2. The number of rotatable bonds is 6. The molecule has 0 N–H and O–H groups in total. The number of hydrogen-bond donors (Lipinski definition) is 0. The molecule has 5 aromatic rings. The zero-order chi connectivity index (χ0) is 21.8. The van der Waals surface area contributed by atoms with Crippen molar-refractivity contribution in [2.24, 2.45) is 0 Å². The fraction of sp³-hybridized carbons (Fsp3) is 0.0357. The average Bonchev–Trinajstić information content (AvgIpc) is 3.32. The van der Waals surface area contributed by atoms with Gasteiger partial charge in [-0.2, -0.15) is 0 Å². The molecule has 0 unspecified atom stereocenters. The van der Waals surface area contributed by atoms with Crippen LogP contribution in [0.5, 0.6) is 0 Å². The summed E-state index contributed by atoms with van der Waals surface area (Å²) in [5.41, 5.74) is 2.47. The summed E-state index contributed by atoms with van der Waals surface area (Å²) in [7, 11) is -2.14. The maximum atomic E-state index is 5.44. The first-order chi connectivity index (χ1) is 15.8. The van der Waals surface area contributed by atoms with Crippen LogP contribution in [-0.4, -0.2) is 19.9 Å². The van der Waals surface area contributed by atoms with Gasteiger partial charge in [0, 0.05) is 0 Å². The maximum absolute atomic E-state index is 5.44. The molecule has 5 heteroatoms. The second-order valence-corrected chi connectivity index (χ2v) is 14.0. The van der Waals surface area contributed by atoms with Crippen LogP contribution in [0, 0.1) is 0 Å². The van der Waals surface area contributed by atoms with Gasteiger partial charge in [0.2, 0.25) is 0 Å². The average molecular weight is 643 g/mol. The van der Waals surface area contributed by atoms with Gasteiger partial charge in [0.15, 0.2) is 0 Å². The number of benzene rings is 4. The Labute approximate surface area is 223 Å². The van der Waals surface area contributed by atoms with Crippen molar-refractivity contribution in [1.82, 2.24) is 4.98 Å². The van der Waals surface area contributed by atoms with Crippen LogP contribution in [0.25, 0.3) is 10.6 Å². The molecular formula is C28H24INPSSe+. The molecule has 0 amide bonds. The first-order valence-corrected chi connectivity index (χ1v) is 15.7. The molecule has 0 spiro atoms. The van der Waals surface area contributed by atoms with Gasteiger partial charge in [-0.05, 0) is 0 Å². The zero-order valence-corrected chi connectivity index (χ0v) is 23.9. The Morgan fingerprint density at radius 3 is 1.39 bits per heavy atom. The molecule has 0 fully saturated rings. The normalized spacial score (nSPS) is 11.1. The van der Waals surface area contributed by atoms with Gasteiger partial charge in [-0.15, -0.1) is 24.0 Å². The van der Waals surface area contributed by atoms with E-state index in [4.69, 9.17) is 4.98 Å². The summed E-state index contributed by atoms with van der Waals surface area (Å²) >= 11 is 2.20. The van der Waals surface area contributed by atoms with E-state index in [2.05, 4.69) is 127 Å². The number of nitrogens with zero attached hydrogens (tertiary/aromatic N) is 1. The van der Waals surface area contributed by atoms with Crippen LogP contribution in [0.2, 0.25) is 5.82 Å². The van der Waals surface area contributed by atoms with Gasteiger partial charge in [0.1, 0.15) is 0 Å². The van der Waals surface area contributed by atoms with E-state index in [0.717, 1.165) is 5.01 Å². The topological polar surface area (TPSA) is 12.9 Å². The molecule has 0 bridgehead atoms. The molecule has 0 atom stereocenters. The van der Waals surface area contributed by atoms with Gasteiger partial charge in [-0.1, -0.05) is 0 Å². The first-order valence-electron chi connectivity index (χ1n) is 10.5. The summed E-state index contributed by atoms with van der Waals surface area (Å²) in [6.07, 6.45) is 0. The van der Waals surface area contributed by atoms with Crippen LogP contribution < -0.4 is 25.1 Å². The summed E-state index contributed by atoms with van der Waals surface area (Å²) in [4.78, 5) is 5.44. The minimum absolute atomic E-state index is 0. The van der Waals surface area contributed by atoms with Crippen molar-refractivity contribution >= 4 is 82.7 Å². The van der Waals surface area contributed by atoms with Crippen LogP contribution in [0.4, 0.5) is 0 Å². The van der Waals surface area contributed by atoms with Gasteiger partial charge in [0.05, 0.1) is 0 Å². The van der Waals surface area contributed by atoms with E-state index in [-0.39, 0.29) is 24.0 Å². The second kappa shape index (κ2) is 11.1. The van der Waals surface area contributed by atoms with Crippen molar-refractivity contribution in [2.45, 2.75) is 5.82 Å². The molecule has 0 aliphatic carbocycles. The first kappa shape index (κ1) is 24.3. The molecule has 4 aromatic carbocycles. The van der Waals surface area contributed by atoms with Crippen molar-refractivity contribution in [3.05, 3.63) is 121 Å². The third-order valence-corrected chi connectivity index (χ3v) is 13.7. The smallest absolute Gasteiger partial charge is 0.107 e. The molecule has 0 aliphatic rings. The van der Waals surface area contributed by atoms with Gasteiger partial charge >= 0.3 is 201 Å². The van der Waals surface area contributed by atoms with E-state index in [1.54, 1.807) is 0 Å². The van der Waals surface area contributed by atoms with E-state index in [0.29, 0.717) is 15.0 Å². The third-order valence-electron chi connectivity index (χ3n) is 5.53. The molecule has 0 aliphatic heterocycles. The molecule has 5 rings (SSSR count). The summed E-state index contributed by atoms with van der Waals surface area (Å²) < 4.78 is 1.43. The van der Waals surface area contributed by atoms with Crippen LogP contribution >= 0.6 is 42.6 Å². The largest absolute Gasteiger partial charge is 0.107 e. The van der Waals surface area contributed by atoms with Crippen molar-refractivity contribution < 1.29 is 0 Å². The minimum Gasteiger partial charge on any atom is -0.107 e. The minimum atomic E-state index is -2.14. The molecule has 33 heavy (non-hydrogen) atoms. The van der Waals surface area contributed by atoms with E-state index in [9.17, 15) is 0 Å². The Kier molecular flexibility index (Phi) is 8.16. The predicted molar refractivity (Wildman–Crippen MR) is 159 cm³/mol. The number of halogens is 1. The van der Waals surface area contributed by atoms with E-state index < -0.39 is 7.26 Å². The van der Waals surface area contributed by atoms with Crippen LogP contribution in [0.1, 0.15) is 0 Å². The summed E-state index contributed by atoms with van der Waals surface area (Å²) in [6.45, 7) is 0. The Morgan fingerprint density at radius 2 is 1.00 bits per heavy atom. The summed E-state index contributed by atoms with van der Waals surface area (Å²) in [6, 6.07) is 43.7. The molecule has 0 saturated heterocycles. The molecule has 0 radical (unpaired) electrons. The van der Waals surface area contributed by atoms with Crippen LogP contribution in [0.15, 0.2) is 121 Å². The van der Waals surface area contributed by atoms with Crippen LogP contribution in [0.3, 0.4) is 0 Å². The zero-order valence-electron chi connectivity index (χ0n) is 18.2. The SMILES string of the molecule is C[Se]c1sc(-c2ccccc2)nc1[P+](c1ccccc1)(c1ccccc1)c1ccccc1.I.